The van der Waals surface area contributed by atoms with E-state index in [0.717, 1.165) is 32.8 Å². The molecule has 0 radical (unpaired) electrons. The molecule has 19 heavy (non-hydrogen) atoms. The lowest BCUT2D eigenvalue weighted by atomic mass is 10.1. The summed E-state index contributed by atoms with van der Waals surface area (Å²) in [6, 6.07) is 8.81. The van der Waals surface area contributed by atoms with Gasteiger partial charge < -0.3 is 15.0 Å². The minimum absolute atomic E-state index is 0.698. The molecule has 1 N–H and O–H groups in total. The van der Waals surface area contributed by atoms with E-state index in [0.29, 0.717) is 5.92 Å². The van der Waals surface area contributed by atoms with E-state index in [4.69, 9.17) is 4.74 Å². The van der Waals surface area contributed by atoms with E-state index in [1.165, 1.54) is 11.3 Å². The number of benzene rings is 1. The Morgan fingerprint density at radius 3 is 2.42 bits per heavy atom. The SMILES string of the molecule is CCN(CCOC)c1ccc(CNCC(C)C)cc1. The maximum absolute atomic E-state index is 5.14. The number of anilines is 1. The predicted octanol–water partition coefficient (Wildman–Crippen LogP) is 2.90. The average molecular weight is 264 g/mol. The van der Waals surface area contributed by atoms with E-state index in [9.17, 15) is 0 Å². The normalized spacial score (nSPS) is 11.0. The zero-order valence-electron chi connectivity index (χ0n) is 12.8. The number of rotatable bonds is 9. The predicted molar refractivity (Wildman–Crippen MR) is 82.7 cm³/mol. The van der Waals surface area contributed by atoms with Gasteiger partial charge in [-0.3, -0.25) is 0 Å². The molecule has 0 aliphatic carbocycles. The summed E-state index contributed by atoms with van der Waals surface area (Å²) in [5, 5.41) is 3.46. The molecule has 0 saturated heterocycles. The first-order valence-electron chi connectivity index (χ1n) is 7.21. The molecular formula is C16H28N2O. The third-order valence-corrected chi connectivity index (χ3v) is 3.13. The van der Waals surface area contributed by atoms with Gasteiger partial charge in [-0.1, -0.05) is 26.0 Å². The third-order valence-electron chi connectivity index (χ3n) is 3.13. The molecule has 0 unspecified atom stereocenters. The minimum Gasteiger partial charge on any atom is -0.383 e. The van der Waals surface area contributed by atoms with E-state index in [2.05, 4.69) is 55.3 Å². The van der Waals surface area contributed by atoms with Gasteiger partial charge in [0, 0.05) is 32.4 Å². The van der Waals surface area contributed by atoms with E-state index < -0.39 is 0 Å². The zero-order chi connectivity index (χ0) is 14.1. The van der Waals surface area contributed by atoms with Gasteiger partial charge in [0.25, 0.3) is 0 Å². The molecule has 0 heterocycles. The van der Waals surface area contributed by atoms with Crippen LogP contribution in [0.3, 0.4) is 0 Å². The number of hydrogen-bond donors (Lipinski definition) is 1. The summed E-state index contributed by atoms with van der Waals surface area (Å²) in [7, 11) is 1.75. The van der Waals surface area contributed by atoms with Crippen molar-refractivity contribution in [1.29, 1.82) is 0 Å². The summed E-state index contributed by atoms with van der Waals surface area (Å²) >= 11 is 0. The van der Waals surface area contributed by atoms with Gasteiger partial charge in [-0.25, -0.2) is 0 Å². The van der Waals surface area contributed by atoms with Crippen LogP contribution in [0.4, 0.5) is 5.69 Å². The molecule has 0 spiro atoms. The molecule has 1 aromatic rings. The Morgan fingerprint density at radius 1 is 1.21 bits per heavy atom. The Bertz CT molecular complexity index is 335. The summed E-state index contributed by atoms with van der Waals surface area (Å²) in [6.07, 6.45) is 0. The van der Waals surface area contributed by atoms with Gasteiger partial charge in [0.15, 0.2) is 0 Å². The highest BCUT2D eigenvalue weighted by molar-refractivity contribution is 5.47. The summed E-state index contributed by atoms with van der Waals surface area (Å²) in [6.45, 7) is 11.4. The quantitative estimate of drug-likeness (QED) is 0.742. The van der Waals surface area contributed by atoms with E-state index in [1.807, 2.05) is 0 Å². The molecule has 0 saturated carbocycles. The molecule has 0 bridgehead atoms. The second kappa shape index (κ2) is 8.94. The number of likely N-dealkylation sites (N-methyl/N-ethyl adjacent to an activating group) is 1. The number of nitrogens with one attached hydrogen (secondary N) is 1. The number of hydrogen-bond acceptors (Lipinski definition) is 3. The van der Waals surface area contributed by atoms with E-state index in [1.54, 1.807) is 7.11 Å². The van der Waals surface area contributed by atoms with E-state index >= 15 is 0 Å². The van der Waals surface area contributed by atoms with Crippen LogP contribution in [0.25, 0.3) is 0 Å². The maximum Gasteiger partial charge on any atom is 0.0637 e. The van der Waals surface area contributed by atoms with Crippen molar-refractivity contribution in [1.82, 2.24) is 5.32 Å². The van der Waals surface area contributed by atoms with Crippen molar-refractivity contribution < 1.29 is 4.74 Å². The fourth-order valence-electron chi connectivity index (χ4n) is 2.00. The first kappa shape index (κ1) is 16.0. The van der Waals surface area contributed by atoms with Crippen LogP contribution in [0.1, 0.15) is 26.3 Å². The van der Waals surface area contributed by atoms with Gasteiger partial charge >= 0.3 is 0 Å². The van der Waals surface area contributed by atoms with Crippen molar-refractivity contribution >= 4 is 5.69 Å². The third kappa shape index (κ3) is 6.08. The van der Waals surface area contributed by atoms with Crippen LogP contribution in [-0.2, 0) is 11.3 Å². The molecule has 0 amide bonds. The minimum atomic E-state index is 0.698. The Balaban J connectivity index is 2.49. The molecule has 0 atom stereocenters. The van der Waals surface area contributed by atoms with Crippen molar-refractivity contribution in [3.8, 4) is 0 Å². The fourth-order valence-corrected chi connectivity index (χ4v) is 2.00. The van der Waals surface area contributed by atoms with Gasteiger partial charge in [-0.15, -0.1) is 0 Å². The largest absolute Gasteiger partial charge is 0.383 e. The van der Waals surface area contributed by atoms with Crippen LogP contribution in [0.15, 0.2) is 24.3 Å². The van der Waals surface area contributed by atoms with Crippen molar-refractivity contribution in [2.75, 3.05) is 38.3 Å². The van der Waals surface area contributed by atoms with Crippen LogP contribution >= 0.6 is 0 Å². The van der Waals surface area contributed by atoms with Crippen LogP contribution < -0.4 is 10.2 Å². The summed E-state index contributed by atoms with van der Waals surface area (Å²) in [5.41, 5.74) is 2.61. The lowest BCUT2D eigenvalue weighted by Gasteiger charge is -2.23. The molecule has 3 nitrogen and oxygen atoms in total. The lowest BCUT2D eigenvalue weighted by molar-refractivity contribution is 0.205. The van der Waals surface area contributed by atoms with Crippen molar-refractivity contribution in [2.45, 2.75) is 27.3 Å². The van der Waals surface area contributed by atoms with Crippen molar-refractivity contribution in [3.63, 3.8) is 0 Å². The molecule has 0 aliphatic heterocycles. The fraction of sp³-hybridized carbons (Fsp3) is 0.625. The zero-order valence-corrected chi connectivity index (χ0v) is 12.8. The molecule has 0 aromatic heterocycles. The molecule has 3 heteroatoms. The molecule has 1 aromatic carbocycles. The smallest absolute Gasteiger partial charge is 0.0637 e. The van der Waals surface area contributed by atoms with Crippen LogP contribution in [0.5, 0.6) is 0 Å². The Kier molecular flexibility index (Phi) is 7.53. The number of methoxy groups -OCH3 is 1. The number of ether oxygens (including phenoxy) is 1. The second-order valence-corrected chi connectivity index (χ2v) is 5.26. The Morgan fingerprint density at radius 2 is 1.89 bits per heavy atom. The van der Waals surface area contributed by atoms with Gasteiger partial charge in [0.1, 0.15) is 0 Å². The van der Waals surface area contributed by atoms with Crippen LogP contribution in [-0.4, -0.2) is 33.4 Å². The van der Waals surface area contributed by atoms with Gasteiger partial charge in [0.05, 0.1) is 6.61 Å². The number of nitrogens with zero attached hydrogens (tertiary/aromatic N) is 1. The molecule has 108 valence electrons. The van der Waals surface area contributed by atoms with Crippen LogP contribution in [0, 0.1) is 5.92 Å². The molecule has 0 fully saturated rings. The first-order chi connectivity index (χ1) is 9.17. The standard InChI is InChI=1S/C16H28N2O/c1-5-18(10-11-19-4)16-8-6-15(7-9-16)13-17-12-14(2)3/h6-9,14,17H,5,10-13H2,1-4H3. The van der Waals surface area contributed by atoms with Gasteiger partial charge in [-0.05, 0) is 37.1 Å². The van der Waals surface area contributed by atoms with Gasteiger partial charge in [0.2, 0.25) is 0 Å². The molecular weight excluding hydrogens is 236 g/mol. The molecule has 1 rings (SSSR count). The summed E-state index contributed by atoms with van der Waals surface area (Å²) in [4.78, 5) is 2.33. The highest BCUT2D eigenvalue weighted by Gasteiger charge is 2.03. The topological polar surface area (TPSA) is 24.5 Å². The van der Waals surface area contributed by atoms with Gasteiger partial charge in [-0.2, -0.15) is 0 Å². The van der Waals surface area contributed by atoms with Crippen molar-refractivity contribution in [3.05, 3.63) is 29.8 Å². The molecule has 0 aliphatic rings. The first-order valence-corrected chi connectivity index (χ1v) is 7.21. The lowest BCUT2D eigenvalue weighted by Crippen LogP contribution is -2.26. The van der Waals surface area contributed by atoms with Crippen LogP contribution in [0.2, 0.25) is 0 Å². The maximum atomic E-state index is 5.14. The Hall–Kier alpha value is -1.06. The second-order valence-electron chi connectivity index (χ2n) is 5.26. The van der Waals surface area contributed by atoms with Crippen molar-refractivity contribution in [2.24, 2.45) is 5.92 Å². The summed E-state index contributed by atoms with van der Waals surface area (Å²) < 4.78 is 5.14. The average Bonchev–Trinajstić information content (AvgIpc) is 2.41. The monoisotopic (exact) mass is 264 g/mol. The Labute approximate surface area is 118 Å². The highest BCUT2D eigenvalue weighted by Crippen LogP contribution is 2.15. The highest BCUT2D eigenvalue weighted by atomic mass is 16.5. The summed E-state index contributed by atoms with van der Waals surface area (Å²) in [5.74, 6) is 0.698. The van der Waals surface area contributed by atoms with E-state index in [-0.39, 0.29) is 0 Å².